The van der Waals surface area contributed by atoms with Gasteiger partial charge in [0.15, 0.2) is 11.7 Å². The number of anilines is 1. The molecule has 122 valence electrons. The summed E-state index contributed by atoms with van der Waals surface area (Å²) in [5, 5.41) is 2.82. The van der Waals surface area contributed by atoms with Crippen molar-refractivity contribution in [3.05, 3.63) is 54.0 Å². The number of rotatable bonds is 4. The smallest absolute Gasteiger partial charge is 0.291 e. The predicted octanol–water partition coefficient (Wildman–Crippen LogP) is 2.51. The van der Waals surface area contributed by atoms with Crippen LogP contribution in [0.25, 0.3) is 0 Å². The summed E-state index contributed by atoms with van der Waals surface area (Å²) in [5.74, 6) is 0.906. The third-order valence-corrected chi connectivity index (χ3v) is 3.13. The fourth-order valence-corrected chi connectivity index (χ4v) is 2.19. The zero-order chi connectivity index (χ0) is 16.8. The summed E-state index contributed by atoms with van der Waals surface area (Å²) in [5.41, 5.74) is 1.74. The van der Waals surface area contributed by atoms with E-state index in [1.807, 2.05) is 62.3 Å². The Morgan fingerprint density at radius 2 is 1.87 bits per heavy atom. The van der Waals surface area contributed by atoms with Crippen LogP contribution in [0.4, 0.5) is 5.69 Å². The van der Waals surface area contributed by atoms with Crippen molar-refractivity contribution < 1.29 is 9.21 Å². The number of carbonyl (C=O) groups excluding carboxylic acids is 1. The van der Waals surface area contributed by atoms with Gasteiger partial charge in [0.2, 0.25) is 0 Å². The van der Waals surface area contributed by atoms with Crippen LogP contribution in [0, 0.1) is 0 Å². The Morgan fingerprint density at radius 1 is 1.13 bits per heavy atom. The molecule has 6 nitrogen and oxygen atoms in total. The van der Waals surface area contributed by atoms with Crippen LogP contribution < -0.4 is 5.32 Å². The number of nitrogens with zero attached hydrogens (tertiary/aromatic N) is 3. The number of amides is 1. The van der Waals surface area contributed by atoms with Crippen LogP contribution in [0.3, 0.4) is 0 Å². The molecular weight excluding hydrogens is 292 g/mol. The Bertz CT molecular complexity index is 666. The summed E-state index contributed by atoms with van der Waals surface area (Å²) in [7, 11) is 7.83. The average Bonchev–Trinajstić information content (AvgIpc) is 3.01. The summed E-state index contributed by atoms with van der Waals surface area (Å²) >= 11 is 0. The van der Waals surface area contributed by atoms with Gasteiger partial charge in [-0.2, -0.15) is 0 Å². The lowest BCUT2D eigenvalue weighted by Gasteiger charge is -2.22. The third-order valence-electron chi connectivity index (χ3n) is 3.13. The van der Waals surface area contributed by atoms with Crippen LogP contribution in [0.5, 0.6) is 0 Å². The summed E-state index contributed by atoms with van der Waals surface area (Å²) in [6.45, 7) is 0.538. The van der Waals surface area contributed by atoms with E-state index >= 15 is 0 Å². The molecule has 0 atom stereocenters. The fraction of sp³-hybridized carbons (Fsp3) is 0.294. The van der Waals surface area contributed by atoms with E-state index in [0.29, 0.717) is 6.54 Å². The fourth-order valence-electron chi connectivity index (χ4n) is 2.19. The largest absolute Gasteiger partial charge is 0.459 e. The van der Waals surface area contributed by atoms with Crippen molar-refractivity contribution in [1.29, 1.82) is 0 Å². The summed E-state index contributed by atoms with van der Waals surface area (Å²) in [6.07, 6.45) is 1.48. The van der Waals surface area contributed by atoms with E-state index in [2.05, 4.69) is 10.3 Å². The van der Waals surface area contributed by atoms with Gasteiger partial charge in [0.25, 0.3) is 5.91 Å². The van der Waals surface area contributed by atoms with Gasteiger partial charge in [-0.3, -0.25) is 4.79 Å². The van der Waals surface area contributed by atoms with Crippen LogP contribution in [0.1, 0.15) is 16.1 Å². The Balaban J connectivity index is 2.08. The molecule has 0 saturated heterocycles. The zero-order valence-electron chi connectivity index (χ0n) is 13.9. The molecule has 1 N–H and O–H groups in total. The van der Waals surface area contributed by atoms with E-state index in [4.69, 9.17) is 4.42 Å². The van der Waals surface area contributed by atoms with Crippen LogP contribution in [-0.4, -0.2) is 49.9 Å². The quantitative estimate of drug-likeness (QED) is 0.696. The molecule has 1 aromatic heterocycles. The van der Waals surface area contributed by atoms with E-state index in [0.717, 1.165) is 17.2 Å². The van der Waals surface area contributed by atoms with Crippen LogP contribution in [-0.2, 0) is 6.54 Å². The highest BCUT2D eigenvalue weighted by molar-refractivity contribution is 6.02. The van der Waals surface area contributed by atoms with Crippen molar-refractivity contribution in [2.45, 2.75) is 6.54 Å². The number of hydrogen-bond acceptors (Lipinski definition) is 3. The Morgan fingerprint density at radius 3 is 2.48 bits per heavy atom. The van der Waals surface area contributed by atoms with Gasteiger partial charge in [-0.05, 0) is 29.8 Å². The first kappa shape index (κ1) is 16.6. The SMILES string of the molecule is CN(C)C(=NCc1cccc(NC(=O)c2ccco2)c1)N(C)C. The molecule has 2 rings (SSSR count). The minimum Gasteiger partial charge on any atom is -0.459 e. The van der Waals surface area contributed by atoms with E-state index in [-0.39, 0.29) is 11.7 Å². The van der Waals surface area contributed by atoms with Crippen molar-refractivity contribution in [3.8, 4) is 0 Å². The van der Waals surface area contributed by atoms with Crippen molar-refractivity contribution in [3.63, 3.8) is 0 Å². The normalized spacial score (nSPS) is 10.1. The van der Waals surface area contributed by atoms with Gasteiger partial charge in [0, 0.05) is 33.9 Å². The van der Waals surface area contributed by atoms with Gasteiger partial charge in [0.1, 0.15) is 0 Å². The maximum Gasteiger partial charge on any atom is 0.291 e. The van der Waals surface area contributed by atoms with E-state index in [1.165, 1.54) is 6.26 Å². The molecule has 6 heteroatoms. The Hall–Kier alpha value is -2.76. The predicted molar refractivity (Wildman–Crippen MR) is 91.6 cm³/mol. The van der Waals surface area contributed by atoms with E-state index in [9.17, 15) is 4.79 Å². The number of nitrogens with one attached hydrogen (secondary N) is 1. The Labute approximate surface area is 136 Å². The highest BCUT2D eigenvalue weighted by Gasteiger charge is 2.09. The summed E-state index contributed by atoms with van der Waals surface area (Å²) < 4.78 is 5.08. The number of benzene rings is 1. The lowest BCUT2D eigenvalue weighted by Crippen LogP contribution is -2.35. The minimum absolute atomic E-state index is 0.266. The minimum atomic E-state index is -0.266. The van der Waals surface area contributed by atoms with Gasteiger partial charge in [-0.1, -0.05) is 12.1 Å². The molecule has 0 fully saturated rings. The molecule has 1 amide bonds. The standard InChI is InChI=1S/C17H22N4O2/c1-20(2)17(21(3)4)18-12-13-7-5-8-14(11-13)19-16(22)15-9-6-10-23-15/h5-11H,12H2,1-4H3,(H,19,22). The van der Waals surface area contributed by atoms with Gasteiger partial charge >= 0.3 is 0 Å². The third kappa shape index (κ3) is 4.60. The van der Waals surface area contributed by atoms with Gasteiger partial charge in [-0.15, -0.1) is 0 Å². The molecular formula is C17H22N4O2. The number of aliphatic imine (C=N–C) groups is 1. The summed E-state index contributed by atoms with van der Waals surface area (Å²) in [4.78, 5) is 20.5. The molecule has 1 heterocycles. The first-order valence-corrected chi connectivity index (χ1v) is 7.30. The second-order valence-electron chi connectivity index (χ2n) is 5.54. The van der Waals surface area contributed by atoms with Gasteiger partial charge in [-0.25, -0.2) is 4.99 Å². The van der Waals surface area contributed by atoms with Gasteiger partial charge in [0.05, 0.1) is 12.8 Å². The second kappa shape index (κ2) is 7.49. The first-order valence-electron chi connectivity index (χ1n) is 7.30. The number of carbonyl (C=O) groups is 1. The van der Waals surface area contributed by atoms with Crippen molar-refractivity contribution >= 4 is 17.6 Å². The molecule has 0 aliphatic heterocycles. The van der Waals surface area contributed by atoms with Gasteiger partial charge < -0.3 is 19.5 Å². The molecule has 0 aliphatic rings. The van der Waals surface area contributed by atoms with Crippen LogP contribution in [0.2, 0.25) is 0 Å². The topological polar surface area (TPSA) is 61.1 Å². The molecule has 0 bridgehead atoms. The number of hydrogen-bond donors (Lipinski definition) is 1. The maximum absolute atomic E-state index is 12.0. The van der Waals surface area contributed by atoms with Crippen LogP contribution in [0.15, 0.2) is 52.1 Å². The zero-order valence-corrected chi connectivity index (χ0v) is 13.9. The molecule has 0 saturated carbocycles. The molecule has 0 radical (unpaired) electrons. The first-order chi connectivity index (χ1) is 11.0. The second-order valence-corrected chi connectivity index (χ2v) is 5.54. The van der Waals surface area contributed by atoms with E-state index in [1.54, 1.807) is 12.1 Å². The summed E-state index contributed by atoms with van der Waals surface area (Å²) in [6, 6.07) is 10.9. The lowest BCUT2D eigenvalue weighted by molar-refractivity contribution is 0.0996. The van der Waals surface area contributed by atoms with E-state index < -0.39 is 0 Å². The Kier molecular flexibility index (Phi) is 5.41. The number of furan rings is 1. The van der Waals surface area contributed by atoms with Crippen molar-refractivity contribution in [2.24, 2.45) is 4.99 Å². The lowest BCUT2D eigenvalue weighted by atomic mass is 10.2. The highest BCUT2D eigenvalue weighted by atomic mass is 16.3. The molecule has 0 aliphatic carbocycles. The molecule has 2 aromatic rings. The van der Waals surface area contributed by atoms with Crippen LogP contribution >= 0.6 is 0 Å². The molecule has 0 spiro atoms. The molecule has 0 unspecified atom stereocenters. The molecule has 23 heavy (non-hydrogen) atoms. The number of guanidine groups is 1. The monoisotopic (exact) mass is 314 g/mol. The molecule has 1 aromatic carbocycles. The maximum atomic E-state index is 12.0. The van der Waals surface area contributed by atoms with Crippen molar-refractivity contribution in [1.82, 2.24) is 9.80 Å². The highest BCUT2D eigenvalue weighted by Crippen LogP contribution is 2.13. The van der Waals surface area contributed by atoms with Crippen molar-refractivity contribution in [2.75, 3.05) is 33.5 Å². The average molecular weight is 314 g/mol.